The van der Waals surface area contributed by atoms with Crippen LogP contribution in [0.2, 0.25) is 10.0 Å². The fraction of sp³-hybridized carbons (Fsp3) is 0.391. The van der Waals surface area contributed by atoms with Crippen LogP contribution < -0.4 is 9.47 Å². The van der Waals surface area contributed by atoms with Crippen LogP contribution in [0.1, 0.15) is 29.8 Å². The lowest BCUT2D eigenvalue weighted by Crippen LogP contribution is -2.54. The monoisotopic (exact) mass is 464 g/mol. The third-order valence-corrected chi connectivity index (χ3v) is 6.37. The third-order valence-electron chi connectivity index (χ3n) is 5.63. The number of nitrogens with zero attached hydrogens (tertiary/aromatic N) is 2. The molecule has 2 aromatic carbocycles. The number of carbonyl (C=O) groups is 2. The highest BCUT2D eigenvalue weighted by atomic mass is 35.5. The maximum atomic E-state index is 13.2. The zero-order valence-electron chi connectivity index (χ0n) is 18.1. The van der Waals surface area contributed by atoms with E-state index < -0.39 is 5.41 Å². The lowest BCUT2D eigenvalue weighted by atomic mass is 9.83. The van der Waals surface area contributed by atoms with Crippen molar-refractivity contribution in [3.63, 3.8) is 0 Å². The number of amides is 2. The van der Waals surface area contributed by atoms with Gasteiger partial charge in [-0.2, -0.15) is 0 Å². The molecule has 0 aliphatic carbocycles. The number of hydrogen-bond donors (Lipinski definition) is 0. The minimum atomic E-state index is -0.763. The van der Waals surface area contributed by atoms with Crippen molar-refractivity contribution in [3.8, 4) is 11.5 Å². The Morgan fingerprint density at radius 2 is 1.39 bits per heavy atom. The quantitative estimate of drug-likeness (QED) is 0.662. The summed E-state index contributed by atoms with van der Waals surface area (Å²) in [6.45, 7) is 5.54. The Hall–Kier alpha value is -2.44. The fourth-order valence-corrected chi connectivity index (χ4v) is 3.93. The number of rotatable bonds is 5. The number of piperazine rings is 1. The Morgan fingerprint density at radius 3 is 1.90 bits per heavy atom. The molecular weight excluding hydrogens is 439 g/mol. The molecule has 3 rings (SSSR count). The molecule has 31 heavy (non-hydrogen) atoms. The number of ether oxygens (including phenoxy) is 2. The first-order valence-corrected chi connectivity index (χ1v) is 10.7. The smallest absolute Gasteiger partial charge is 0.254 e. The van der Waals surface area contributed by atoms with E-state index in [4.69, 9.17) is 32.7 Å². The standard InChI is InChI=1S/C23H26Cl2N2O4/c1-23(2,16-5-6-19(24)20(25)13-16)22(29)27-9-7-26(8-10-27)21(28)15-11-17(30-3)14-18(12-15)31-4/h5-6,11-14H,7-10H2,1-4H3. The Bertz CT molecular complexity index is 963. The highest BCUT2D eigenvalue weighted by Crippen LogP contribution is 2.32. The van der Waals surface area contributed by atoms with Crippen molar-refractivity contribution in [2.24, 2.45) is 0 Å². The summed E-state index contributed by atoms with van der Waals surface area (Å²) in [5, 5.41) is 0.874. The van der Waals surface area contributed by atoms with E-state index in [0.717, 1.165) is 5.56 Å². The van der Waals surface area contributed by atoms with E-state index in [2.05, 4.69) is 0 Å². The van der Waals surface area contributed by atoms with Gasteiger partial charge < -0.3 is 19.3 Å². The van der Waals surface area contributed by atoms with Gasteiger partial charge in [0, 0.05) is 37.8 Å². The Kier molecular flexibility index (Phi) is 7.02. The van der Waals surface area contributed by atoms with E-state index >= 15 is 0 Å². The number of carbonyl (C=O) groups excluding carboxylic acids is 2. The summed E-state index contributed by atoms with van der Waals surface area (Å²) in [6, 6.07) is 10.4. The van der Waals surface area contributed by atoms with Gasteiger partial charge in [0.2, 0.25) is 5.91 Å². The van der Waals surface area contributed by atoms with Crippen LogP contribution in [-0.2, 0) is 10.2 Å². The van der Waals surface area contributed by atoms with Crippen LogP contribution in [0.25, 0.3) is 0 Å². The van der Waals surface area contributed by atoms with Gasteiger partial charge in [0.15, 0.2) is 0 Å². The lowest BCUT2D eigenvalue weighted by Gasteiger charge is -2.39. The maximum absolute atomic E-state index is 13.2. The van der Waals surface area contributed by atoms with Crippen molar-refractivity contribution in [2.45, 2.75) is 19.3 Å². The second-order valence-electron chi connectivity index (χ2n) is 7.94. The molecule has 1 aliphatic heterocycles. The largest absolute Gasteiger partial charge is 0.497 e. The van der Waals surface area contributed by atoms with Crippen LogP contribution in [0.4, 0.5) is 0 Å². The molecular formula is C23H26Cl2N2O4. The SMILES string of the molecule is COc1cc(OC)cc(C(=O)N2CCN(C(=O)C(C)(C)c3ccc(Cl)c(Cl)c3)CC2)c1. The zero-order valence-corrected chi connectivity index (χ0v) is 19.6. The van der Waals surface area contributed by atoms with Crippen LogP contribution in [0.15, 0.2) is 36.4 Å². The average Bonchev–Trinajstić information content (AvgIpc) is 2.79. The molecule has 0 saturated carbocycles. The summed E-state index contributed by atoms with van der Waals surface area (Å²) in [5.41, 5.74) is 0.529. The second-order valence-corrected chi connectivity index (χ2v) is 8.75. The molecule has 2 amide bonds. The normalized spacial score (nSPS) is 14.4. The van der Waals surface area contributed by atoms with Gasteiger partial charge in [0.25, 0.3) is 5.91 Å². The van der Waals surface area contributed by atoms with Crippen molar-refractivity contribution in [1.82, 2.24) is 9.80 Å². The number of methoxy groups -OCH3 is 2. The van der Waals surface area contributed by atoms with Gasteiger partial charge in [-0.05, 0) is 43.7 Å². The van der Waals surface area contributed by atoms with Gasteiger partial charge in [0.05, 0.1) is 29.7 Å². The van der Waals surface area contributed by atoms with E-state index in [1.165, 1.54) is 0 Å². The van der Waals surface area contributed by atoms with Gasteiger partial charge in [-0.15, -0.1) is 0 Å². The molecule has 6 nitrogen and oxygen atoms in total. The maximum Gasteiger partial charge on any atom is 0.254 e. The van der Waals surface area contributed by atoms with E-state index in [-0.39, 0.29) is 11.8 Å². The van der Waals surface area contributed by atoms with Crippen molar-refractivity contribution in [1.29, 1.82) is 0 Å². The molecule has 0 unspecified atom stereocenters. The predicted octanol–water partition coefficient (Wildman–Crippen LogP) is 4.27. The van der Waals surface area contributed by atoms with Crippen LogP contribution in [0.3, 0.4) is 0 Å². The van der Waals surface area contributed by atoms with Gasteiger partial charge in [-0.25, -0.2) is 0 Å². The molecule has 0 aromatic heterocycles. The summed E-state index contributed by atoms with van der Waals surface area (Å²) in [4.78, 5) is 29.8. The van der Waals surface area contributed by atoms with Crippen molar-refractivity contribution < 1.29 is 19.1 Å². The highest BCUT2D eigenvalue weighted by molar-refractivity contribution is 6.42. The van der Waals surface area contributed by atoms with Crippen molar-refractivity contribution in [3.05, 3.63) is 57.6 Å². The molecule has 0 N–H and O–H groups in total. The number of hydrogen-bond acceptors (Lipinski definition) is 4. The molecule has 0 radical (unpaired) electrons. The first-order chi connectivity index (χ1) is 14.7. The van der Waals surface area contributed by atoms with Crippen LogP contribution in [0, 0.1) is 0 Å². The minimum Gasteiger partial charge on any atom is -0.497 e. The summed E-state index contributed by atoms with van der Waals surface area (Å²) in [7, 11) is 3.09. The molecule has 1 fully saturated rings. The predicted molar refractivity (Wildman–Crippen MR) is 122 cm³/mol. The Morgan fingerprint density at radius 1 is 0.839 bits per heavy atom. The summed E-state index contributed by atoms with van der Waals surface area (Å²) in [5.74, 6) is 0.980. The lowest BCUT2D eigenvalue weighted by molar-refractivity contribution is -0.137. The van der Waals surface area contributed by atoms with E-state index in [0.29, 0.717) is 53.3 Å². The molecule has 1 saturated heterocycles. The first-order valence-electron chi connectivity index (χ1n) is 9.94. The Labute approximate surface area is 192 Å². The fourth-order valence-electron chi connectivity index (χ4n) is 3.63. The van der Waals surface area contributed by atoms with E-state index in [1.54, 1.807) is 54.4 Å². The molecule has 1 aliphatic rings. The summed E-state index contributed by atoms with van der Waals surface area (Å²) >= 11 is 12.2. The summed E-state index contributed by atoms with van der Waals surface area (Å²) in [6.07, 6.45) is 0. The Balaban J connectivity index is 1.69. The molecule has 2 aromatic rings. The highest BCUT2D eigenvalue weighted by Gasteiger charge is 2.36. The van der Waals surface area contributed by atoms with Gasteiger partial charge >= 0.3 is 0 Å². The van der Waals surface area contributed by atoms with Crippen molar-refractivity contribution in [2.75, 3.05) is 40.4 Å². The molecule has 0 atom stereocenters. The van der Waals surface area contributed by atoms with Crippen LogP contribution >= 0.6 is 23.2 Å². The van der Waals surface area contributed by atoms with Crippen molar-refractivity contribution >= 4 is 35.0 Å². The second kappa shape index (κ2) is 9.37. The number of halogens is 2. The molecule has 8 heteroatoms. The molecule has 1 heterocycles. The molecule has 0 bridgehead atoms. The minimum absolute atomic E-state index is 0.0129. The van der Waals surface area contributed by atoms with E-state index in [9.17, 15) is 9.59 Å². The average molecular weight is 465 g/mol. The number of benzene rings is 2. The molecule has 0 spiro atoms. The zero-order chi connectivity index (χ0) is 22.8. The van der Waals surface area contributed by atoms with Crippen LogP contribution in [0.5, 0.6) is 11.5 Å². The van der Waals surface area contributed by atoms with Gasteiger partial charge in [0.1, 0.15) is 11.5 Å². The molecule has 166 valence electrons. The van der Waals surface area contributed by atoms with Gasteiger partial charge in [-0.3, -0.25) is 9.59 Å². The van der Waals surface area contributed by atoms with Crippen LogP contribution in [-0.4, -0.2) is 62.0 Å². The van der Waals surface area contributed by atoms with Gasteiger partial charge in [-0.1, -0.05) is 29.3 Å². The van der Waals surface area contributed by atoms with E-state index in [1.807, 2.05) is 19.9 Å². The first kappa shape index (κ1) is 23.2. The third kappa shape index (κ3) is 4.91. The summed E-state index contributed by atoms with van der Waals surface area (Å²) < 4.78 is 10.5. The topological polar surface area (TPSA) is 59.1 Å².